The summed E-state index contributed by atoms with van der Waals surface area (Å²) in [6.45, 7) is -0.504. The van der Waals surface area contributed by atoms with Gasteiger partial charge in [-0.25, -0.2) is 4.98 Å². The molecule has 164 valence electrons. The molecular weight excluding hydrogens is 433 g/mol. The lowest BCUT2D eigenvalue weighted by Crippen LogP contribution is -2.33. The fraction of sp³-hybridized carbons (Fsp3) is 0.353. The average molecular weight is 451 g/mol. The van der Waals surface area contributed by atoms with Crippen LogP contribution in [0.15, 0.2) is 41.5 Å². The van der Waals surface area contributed by atoms with Crippen LogP contribution in [0, 0.1) is 0 Å². The Morgan fingerprint density at radius 3 is 2.61 bits per heavy atom. The van der Waals surface area contributed by atoms with Gasteiger partial charge in [0.1, 0.15) is 18.3 Å². The molecule has 2 aliphatic heterocycles. The molecule has 2 aliphatic rings. The van der Waals surface area contributed by atoms with Gasteiger partial charge in [-0.15, -0.1) is 0 Å². The van der Waals surface area contributed by atoms with Crippen LogP contribution >= 0.6 is 7.60 Å². The molecule has 0 radical (unpaired) electrons. The van der Waals surface area contributed by atoms with Crippen molar-refractivity contribution in [3.8, 4) is 0 Å². The van der Waals surface area contributed by atoms with E-state index in [2.05, 4.69) is 15.0 Å². The van der Waals surface area contributed by atoms with Crippen LogP contribution in [0.25, 0.3) is 11.2 Å². The SMILES string of the molecule is Nc1nc2c(ncn2[C@@H]2O[C@H](CO)[C@H]3OC(c4ccccc4)(P(=O)(O)O)O[C@H]32)c(=O)[nH]1. The maximum Gasteiger partial charge on any atom is 0.389 e. The second kappa shape index (κ2) is 6.93. The number of hydrogen-bond acceptors (Lipinski definition) is 9. The monoisotopic (exact) mass is 451 g/mol. The van der Waals surface area contributed by atoms with E-state index in [0.29, 0.717) is 0 Å². The molecule has 0 amide bonds. The van der Waals surface area contributed by atoms with Gasteiger partial charge in [0.2, 0.25) is 5.95 Å². The quantitative estimate of drug-likeness (QED) is 0.317. The van der Waals surface area contributed by atoms with Crippen LogP contribution in [0.2, 0.25) is 0 Å². The van der Waals surface area contributed by atoms with Crippen LogP contribution in [-0.4, -0.2) is 59.3 Å². The minimum atomic E-state index is -5.02. The fourth-order valence-corrected chi connectivity index (χ4v) is 4.97. The topological polar surface area (TPSA) is 195 Å². The summed E-state index contributed by atoms with van der Waals surface area (Å²) in [7, 11) is -5.02. The number of aliphatic hydroxyl groups excluding tert-OH is 1. The second-order valence-corrected chi connectivity index (χ2v) is 8.86. The summed E-state index contributed by atoms with van der Waals surface area (Å²) in [6.07, 6.45) is -2.84. The highest BCUT2D eigenvalue weighted by Gasteiger charge is 2.66. The van der Waals surface area contributed by atoms with E-state index in [9.17, 15) is 24.3 Å². The van der Waals surface area contributed by atoms with Crippen molar-refractivity contribution in [2.24, 2.45) is 0 Å². The highest BCUT2D eigenvalue weighted by molar-refractivity contribution is 7.52. The number of nitrogens with zero attached hydrogens (tertiary/aromatic N) is 3. The third kappa shape index (κ3) is 2.94. The van der Waals surface area contributed by atoms with Crippen LogP contribution in [0.5, 0.6) is 0 Å². The number of nitrogens with two attached hydrogens (primary N) is 1. The van der Waals surface area contributed by atoms with Gasteiger partial charge in [-0.05, 0) is 0 Å². The summed E-state index contributed by atoms with van der Waals surface area (Å²) >= 11 is 0. The van der Waals surface area contributed by atoms with E-state index >= 15 is 0 Å². The number of aromatic nitrogens is 4. The van der Waals surface area contributed by atoms with Crippen LogP contribution in [0.1, 0.15) is 11.8 Å². The van der Waals surface area contributed by atoms with Crippen molar-refractivity contribution in [1.29, 1.82) is 0 Å². The number of aliphatic hydroxyl groups is 1. The first kappa shape index (κ1) is 20.3. The molecule has 2 aromatic heterocycles. The Bertz CT molecular complexity index is 1240. The van der Waals surface area contributed by atoms with E-state index in [-0.39, 0.29) is 22.7 Å². The van der Waals surface area contributed by atoms with Crippen LogP contribution in [0.4, 0.5) is 5.95 Å². The predicted molar refractivity (Wildman–Crippen MR) is 103 cm³/mol. The standard InChI is InChI=1S/C17H18N5O8P/c18-16-20-13-10(14(24)21-16)19-7-22(13)15-12-11(9(6-23)28-15)29-17(30-12,31(25,26)27)8-4-2-1-3-5-8/h1-5,7,9,11-12,15,23H,6H2,(H2,25,26,27)(H3,18,20,21,24)/t9-,11-,12-,15-,17?/m1/s1. The zero-order valence-corrected chi connectivity index (χ0v) is 16.6. The maximum absolute atomic E-state index is 12.5. The van der Waals surface area contributed by atoms with Gasteiger partial charge in [0.25, 0.3) is 5.56 Å². The first-order chi connectivity index (χ1) is 14.7. The lowest BCUT2D eigenvalue weighted by atomic mass is 10.1. The molecule has 5 atom stereocenters. The largest absolute Gasteiger partial charge is 0.394 e. The minimum Gasteiger partial charge on any atom is -0.394 e. The normalized spacial score (nSPS) is 30.7. The molecule has 31 heavy (non-hydrogen) atoms. The fourth-order valence-electron chi connectivity index (χ4n) is 3.96. The van der Waals surface area contributed by atoms with Gasteiger partial charge in [-0.1, -0.05) is 30.3 Å². The van der Waals surface area contributed by atoms with E-state index in [1.165, 1.54) is 23.0 Å². The number of anilines is 1. The Balaban J connectivity index is 1.63. The number of imidazole rings is 1. The summed E-state index contributed by atoms with van der Waals surface area (Å²) in [5, 5.41) is 9.80. The molecule has 2 saturated heterocycles. The summed E-state index contributed by atoms with van der Waals surface area (Å²) < 4.78 is 31.4. The molecule has 2 fully saturated rings. The summed E-state index contributed by atoms with van der Waals surface area (Å²) in [5.41, 5.74) is 2.88. The van der Waals surface area contributed by atoms with Crippen molar-refractivity contribution in [3.05, 3.63) is 52.6 Å². The molecule has 13 nitrogen and oxygen atoms in total. The third-order valence-electron chi connectivity index (χ3n) is 5.30. The van der Waals surface area contributed by atoms with Gasteiger partial charge in [0.05, 0.1) is 12.9 Å². The molecular formula is C17H18N5O8P. The van der Waals surface area contributed by atoms with Gasteiger partial charge in [-0.3, -0.25) is 18.9 Å². The van der Waals surface area contributed by atoms with Gasteiger partial charge >= 0.3 is 13.1 Å². The lowest BCUT2D eigenvalue weighted by Gasteiger charge is -2.31. The van der Waals surface area contributed by atoms with E-state index in [0.717, 1.165) is 0 Å². The Kier molecular flexibility index (Phi) is 4.53. The molecule has 14 heteroatoms. The smallest absolute Gasteiger partial charge is 0.389 e. The highest BCUT2D eigenvalue weighted by Crippen LogP contribution is 2.64. The number of benzene rings is 1. The van der Waals surface area contributed by atoms with Crippen molar-refractivity contribution in [2.45, 2.75) is 30.1 Å². The molecule has 3 aromatic rings. The zero-order valence-electron chi connectivity index (χ0n) is 15.7. The van der Waals surface area contributed by atoms with Crippen molar-refractivity contribution < 1.29 is 33.7 Å². The molecule has 0 aliphatic carbocycles. The lowest BCUT2D eigenvalue weighted by molar-refractivity contribution is -0.188. The number of nitrogen functional groups attached to an aromatic ring is 1. The number of H-pyrrole nitrogens is 1. The molecule has 4 heterocycles. The summed E-state index contributed by atoms with van der Waals surface area (Å²) in [4.78, 5) is 42.9. The van der Waals surface area contributed by atoms with Crippen LogP contribution < -0.4 is 11.3 Å². The Morgan fingerprint density at radius 1 is 1.23 bits per heavy atom. The van der Waals surface area contributed by atoms with Crippen LogP contribution in [-0.2, 0) is 24.3 Å². The van der Waals surface area contributed by atoms with E-state index in [1.807, 2.05) is 0 Å². The first-order valence-corrected chi connectivity index (χ1v) is 10.8. The summed E-state index contributed by atoms with van der Waals surface area (Å²) in [5.74, 6) is -0.148. The molecule has 0 spiro atoms. The first-order valence-electron chi connectivity index (χ1n) is 9.20. The molecule has 0 saturated carbocycles. The molecule has 5 rings (SSSR count). The van der Waals surface area contributed by atoms with Gasteiger partial charge in [0.15, 0.2) is 17.4 Å². The number of hydrogen-bond donors (Lipinski definition) is 5. The summed E-state index contributed by atoms with van der Waals surface area (Å²) in [6, 6.07) is 7.80. The number of ether oxygens (including phenoxy) is 3. The van der Waals surface area contributed by atoms with Gasteiger partial charge in [-0.2, -0.15) is 4.98 Å². The Labute approximate surface area is 173 Å². The van der Waals surface area contributed by atoms with Gasteiger partial charge < -0.3 is 34.8 Å². The molecule has 1 unspecified atom stereocenters. The molecule has 1 aromatic carbocycles. The van der Waals surface area contributed by atoms with E-state index < -0.39 is 49.8 Å². The molecule has 6 N–H and O–H groups in total. The van der Waals surface area contributed by atoms with Crippen LogP contribution in [0.3, 0.4) is 0 Å². The number of fused-ring (bicyclic) bond motifs is 2. The third-order valence-corrected chi connectivity index (χ3v) is 6.54. The van der Waals surface area contributed by atoms with Crippen molar-refractivity contribution in [3.63, 3.8) is 0 Å². The molecule has 0 bridgehead atoms. The number of aromatic amines is 1. The number of rotatable bonds is 4. The second-order valence-electron chi connectivity index (χ2n) is 7.18. The minimum absolute atomic E-state index is 0.00924. The average Bonchev–Trinajstić information content (AvgIpc) is 3.40. The van der Waals surface area contributed by atoms with E-state index in [1.54, 1.807) is 18.2 Å². The Morgan fingerprint density at radius 2 is 1.94 bits per heavy atom. The highest BCUT2D eigenvalue weighted by atomic mass is 31.2. The van der Waals surface area contributed by atoms with Crippen molar-refractivity contribution in [2.75, 3.05) is 12.3 Å². The zero-order chi connectivity index (χ0) is 22.0. The van der Waals surface area contributed by atoms with Crippen molar-refractivity contribution >= 4 is 24.7 Å². The Hall–Kier alpha value is -2.64. The maximum atomic E-state index is 12.5. The predicted octanol–water partition coefficient (Wildman–Crippen LogP) is -0.636. The van der Waals surface area contributed by atoms with Crippen molar-refractivity contribution in [1.82, 2.24) is 19.5 Å². The number of nitrogens with one attached hydrogen (secondary N) is 1. The van der Waals surface area contributed by atoms with Gasteiger partial charge in [0, 0.05) is 5.56 Å². The van der Waals surface area contributed by atoms with E-state index in [4.69, 9.17) is 19.9 Å².